The number of nitrogens with one attached hydrogen (secondary N) is 3. The zero-order valence-electron chi connectivity index (χ0n) is 17.7. The second-order valence-corrected chi connectivity index (χ2v) is 7.63. The topological polar surface area (TPSA) is 119 Å². The van der Waals surface area contributed by atoms with Gasteiger partial charge in [-0.1, -0.05) is 6.07 Å². The third kappa shape index (κ3) is 5.20. The van der Waals surface area contributed by atoms with Crippen LogP contribution >= 0.6 is 0 Å². The molecule has 0 bridgehead atoms. The van der Waals surface area contributed by atoms with Crippen molar-refractivity contribution in [1.82, 2.24) is 15.2 Å². The first-order valence-electron chi connectivity index (χ1n) is 10.4. The quantitative estimate of drug-likeness (QED) is 0.660. The van der Waals surface area contributed by atoms with Gasteiger partial charge in [0.05, 0.1) is 6.42 Å². The Hall–Kier alpha value is -3.95. The number of guanidine groups is 1. The lowest BCUT2D eigenvalue weighted by Gasteiger charge is -2.38. The van der Waals surface area contributed by atoms with Crippen molar-refractivity contribution in [2.75, 3.05) is 41.7 Å². The Bertz CT molecular complexity index is 1020. The Morgan fingerprint density at radius 2 is 1.62 bits per heavy atom. The Kier molecular flexibility index (Phi) is 6.29. The average Bonchev–Trinajstić information content (AvgIpc) is 2.80. The summed E-state index contributed by atoms with van der Waals surface area (Å²) < 4.78 is 0. The maximum atomic E-state index is 12.7. The molecule has 3 N–H and O–H groups in total. The molecule has 2 aliphatic heterocycles. The minimum Gasteiger partial charge on any atom is -0.353 e. The molecule has 1 aromatic carbocycles. The molecule has 0 spiro atoms. The Morgan fingerprint density at radius 3 is 2.25 bits per heavy atom. The van der Waals surface area contributed by atoms with E-state index in [0.29, 0.717) is 30.4 Å². The second kappa shape index (κ2) is 9.46. The van der Waals surface area contributed by atoms with Crippen molar-refractivity contribution < 1.29 is 14.4 Å². The molecule has 3 amide bonds. The first-order chi connectivity index (χ1) is 15.5. The van der Waals surface area contributed by atoms with Gasteiger partial charge in [0.15, 0.2) is 0 Å². The molecule has 166 valence electrons. The Balaban J connectivity index is 1.38. The van der Waals surface area contributed by atoms with E-state index in [4.69, 9.17) is 0 Å². The highest BCUT2D eigenvalue weighted by molar-refractivity contribution is 6.06. The van der Waals surface area contributed by atoms with Crippen LogP contribution in [-0.2, 0) is 14.4 Å². The van der Waals surface area contributed by atoms with Crippen LogP contribution in [0.2, 0.25) is 0 Å². The maximum Gasteiger partial charge on any atom is 0.249 e. The lowest BCUT2D eigenvalue weighted by Crippen LogP contribution is -2.56. The van der Waals surface area contributed by atoms with Gasteiger partial charge in [-0.3, -0.25) is 19.7 Å². The fourth-order valence-electron chi connectivity index (χ4n) is 3.64. The van der Waals surface area contributed by atoms with Crippen molar-refractivity contribution in [3.8, 4) is 0 Å². The van der Waals surface area contributed by atoms with Crippen molar-refractivity contribution in [1.29, 1.82) is 0 Å². The maximum absolute atomic E-state index is 12.7. The van der Waals surface area contributed by atoms with Crippen LogP contribution in [0.5, 0.6) is 0 Å². The molecular weight excluding hydrogens is 410 g/mol. The average molecular weight is 435 g/mol. The van der Waals surface area contributed by atoms with E-state index in [1.54, 1.807) is 30.5 Å². The Morgan fingerprint density at radius 1 is 0.969 bits per heavy atom. The molecular formula is C22H25N7O3. The summed E-state index contributed by atoms with van der Waals surface area (Å²) in [5.74, 6) is 0.601. The summed E-state index contributed by atoms with van der Waals surface area (Å²) in [5.41, 5.74) is 1.20. The molecule has 2 aliphatic rings. The molecule has 32 heavy (non-hydrogen) atoms. The second-order valence-electron chi connectivity index (χ2n) is 7.63. The van der Waals surface area contributed by atoms with Gasteiger partial charge in [0.25, 0.3) is 0 Å². The van der Waals surface area contributed by atoms with Crippen LogP contribution in [0.3, 0.4) is 0 Å². The van der Waals surface area contributed by atoms with Crippen LogP contribution in [0.15, 0.2) is 53.7 Å². The molecule has 1 fully saturated rings. The summed E-state index contributed by atoms with van der Waals surface area (Å²) >= 11 is 0. The summed E-state index contributed by atoms with van der Waals surface area (Å²) in [4.78, 5) is 49.2. The molecule has 1 unspecified atom stereocenters. The van der Waals surface area contributed by atoms with Gasteiger partial charge in [-0.15, -0.1) is 0 Å². The Labute approximate surface area is 185 Å². The summed E-state index contributed by atoms with van der Waals surface area (Å²) in [5, 5.41) is 8.26. The van der Waals surface area contributed by atoms with Crippen molar-refractivity contribution >= 4 is 40.9 Å². The van der Waals surface area contributed by atoms with Crippen LogP contribution in [-0.4, -0.2) is 65.8 Å². The zero-order valence-corrected chi connectivity index (χ0v) is 17.7. The summed E-state index contributed by atoms with van der Waals surface area (Å²) in [6.07, 6.45) is 1.76. The van der Waals surface area contributed by atoms with Crippen LogP contribution in [0, 0.1) is 0 Å². The van der Waals surface area contributed by atoms with Crippen LogP contribution in [0.1, 0.15) is 13.3 Å². The zero-order chi connectivity index (χ0) is 22.5. The van der Waals surface area contributed by atoms with E-state index in [9.17, 15) is 14.4 Å². The molecule has 10 heteroatoms. The van der Waals surface area contributed by atoms with Crippen LogP contribution < -0.4 is 20.9 Å². The van der Waals surface area contributed by atoms with Crippen molar-refractivity contribution in [3.63, 3.8) is 0 Å². The SMILES string of the molecule is CC(=O)Nc1ccc(NC(=O)C2CC(=O)NC(N3CCN(c4ccccn4)CC3)=N2)cc1. The van der Waals surface area contributed by atoms with Gasteiger partial charge in [0, 0.05) is 50.7 Å². The predicted molar refractivity (Wildman–Crippen MR) is 121 cm³/mol. The first-order valence-corrected chi connectivity index (χ1v) is 10.4. The van der Waals surface area contributed by atoms with E-state index >= 15 is 0 Å². The number of nitrogens with zero attached hydrogens (tertiary/aromatic N) is 4. The number of hydrogen-bond donors (Lipinski definition) is 3. The van der Waals surface area contributed by atoms with Crippen LogP contribution in [0.4, 0.5) is 17.2 Å². The standard InChI is InChI=1S/C22H25N7O3/c1-15(30)24-16-5-7-17(8-6-16)25-21(32)18-14-20(31)27-22(26-18)29-12-10-28(11-13-29)19-4-2-3-9-23-19/h2-9,18H,10-14H2,1H3,(H,24,30)(H,25,32)(H,26,27,31). The number of piperazine rings is 1. The number of pyridine rings is 1. The van der Waals surface area contributed by atoms with E-state index in [1.807, 2.05) is 23.1 Å². The lowest BCUT2D eigenvalue weighted by atomic mass is 10.1. The normalized spacial score (nSPS) is 18.5. The van der Waals surface area contributed by atoms with Crippen LogP contribution in [0.25, 0.3) is 0 Å². The summed E-state index contributed by atoms with van der Waals surface area (Å²) in [6, 6.07) is 11.8. The number of benzene rings is 1. The third-order valence-electron chi connectivity index (χ3n) is 5.24. The summed E-state index contributed by atoms with van der Waals surface area (Å²) in [6.45, 7) is 4.23. The highest BCUT2D eigenvalue weighted by Crippen LogP contribution is 2.17. The highest BCUT2D eigenvalue weighted by atomic mass is 16.2. The van der Waals surface area contributed by atoms with Crippen molar-refractivity contribution in [2.45, 2.75) is 19.4 Å². The first kappa shape index (κ1) is 21.3. The van der Waals surface area contributed by atoms with Gasteiger partial charge in [0.2, 0.25) is 23.7 Å². The van der Waals surface area contributed by atoms with Crippen molar-refractivity contribution in [3.05, 3.63) is 48.7 Å². The van der Waals surface area contributed by atoms with Gasteiger partial charge < -0.3 is 20.4 Å². The number of aliphatic imine (C=N–C) groups is 1. The molecule has 10 nitrogen and oxygen atoms in total. The van der Waals surface area contributed by atoms with E-state index in [0.717, 1.165) is 18.9 Å². The minimum atomic E-state index is -0.803. The molecule has 1 atom stereocenters. The highest BCUT2D eigenvalue weighted by Gasteiger charge is 2.30. The van der Waals surface area contributed by atoms with E-state index in [1.165, 1.54) is 6.92 Å². The number of aromatic nitrogens is 1. The van der Waals surface area contributed by atoms with E-state index in [-0.39, 0.29) is 24.1 Å². The van der Waals surface area contributed by atoms with Crippen molar-refractivity contribution in [2.24, 2.45) is 4.99 Å². The van der Waals surface area contributed by atoms with Gasteiger partial charge in [-0.25, -0.2) is 9.98 Å². The van der Waals surface area contributed by atoms with E-state index < -0.39 is 6.04 Å². The van der Waals surface area contributed by atoms with E-state index in [2.05, 4.69) is 30.8 Å². The van der Waals surface area contributed by atoms with Gasteiger partial charge in [-0.2, -0.15) is 0 Å². The fraction of sp³-hybridized carbons (Fsp3) is 0.318. The molecule has 2 aromatic rings. The lowest BCUT2D eigenvalue weighted by molar-refractivity contribution is -0.125. The minimum absolute atomic E-state index is 0.00674. The number of rotatable bonds is 4. The predicted octanol–water partition coefficient (Wildman–Crippen LogP) is 1.05. The van der Waals surface area contributed by atoms with Gasteiger partial charge in [-0.05, 0) is 36.4 Å². The number of amides is 3. The smallest absolute Gasteiger partial charge is 0.249 e. The molecule has 1 saturated heterocycles. The molecule has 4 rings (SSSR count). The monoisotopic (exact) mass is 435 g/mol. The molecule has 0 radical (unpaired) electrons. The fourth-order valence-corrected chi connectivity index (χ4v) is 3.64. The number of carbonyl (C=O) groups excluding carboxylic acids is 3. The molecule has 0 saturated carbocycles. The number of hydrogen-bond acceptors (Lipinski definition) is 7. The third-order valence-corrected chi connectivity index (χ3v) is 5.24. The molecule has 3 heterocycles. The number of anilines is 3. The molecule has 0 aliphatic carbocycles. The summed E-state index contributed by atoms with van der Waals surface area (Å²) in [7, 11) is 0. The molecule has 1 aromatic heterocycles. The van der Waals surface area contributed by atoms with Gasteiger partial charge in [0.1, 0.15) is 11.9 Å². The number of carbonyl (C=O) groups is 3. The van der Waals surface area contributed by atoms with Gasteiger partial charge >= 0.3 is 0 Å². The largest absolute Gasteiger partial charge is 0.353 e.